The van der Waals surface area contributed by atoms with Gasteiger partial charge in [-0.3, -0.25) is 9.59 Å². The van der Waals surface area contributed by atoms with Crippen molar-refractivity contribution in [3.05, 3.63) is 0 Å². The zero-order valence-electron chi connectivity index (χ0n) is 8.19. The average molecular weight is 199 g/mol. The van der Waals surface area contributed by atoms with Crippen molar-refractivity contribution in [2.45, 2.75) is 13.8 Å². The Morgan fingerprint density at radius 1 is 1.14 bits per heavy atom. The molecule has 2 unspecified atom stereocenters. The van der Waals surface area contributed by atoms with Gasteiger partial charge in [0.15, 0.2) is 0 Å². The average Bonchev–Trinajstić information content (AvgIpc) is 2.44. The van der Waals surface area contributed by atoms with Crippen LogP contribution in [-0.4, -0.2) is 40.8 Å². The van der Waals surface area contributed by atoms with E-state index in [1.54, 1.807) is 0 Å². The van der Waals surface area contributed by atoms with Crippen molar-refractivity contribution in [2.24, 2.45) is 11.8 Å². The summed E-state index contributed by atoms with van der Waals surface area (Å²) < 4.78 is 0. The van der Waals surface area contributed by atoms with E-state index < -0.39 is 17.7 Å². The Bertz CT molecular complexity index is 277. The van der Waals surface area contributed by atoms with Crippen molar-refractivity contribution in [2.75, 3.05) is 13.1 Å². The van der Waals surface area contributed by atoms with Crippen molar-refractivity contribution in [1.29, 1.82) is 0 Å². The van der Waals surface area contributed by atoms with Crippen LogP contribution in [0.3, 0.4) is 0 Å². The van der Waals surface area contributed by atoms with Crippen molar-refractivity contribution >= 4 is 17.7 Å². The first-order valence-corrected chi connectivity index (χ1v) is 4.50. The van der Waals surface area contributed by atoms with Gasteiger partial charge >= 0.3 is 17.7 Å². The molecule has 78 valence electrons. The number of likely N-dealkylation sites (tertiary alicyclic amines) is 1. The summed E-state index contributed by atoms with van der Waals surface area (Å²) in [5.41, 5.74) is 0. The van der Waals surface area contributed by atoms with Crippen LogP contribution in [0.4, 0.5) is 0 Å². The second-order valence-electron chi connectivity index (χ2n) is 3.80. The largest absolute Gasteiger partial charge is 0.475 e. The van der Waals surface area contributed by atoms with E-state index >= 15 is 0 Å². The van der Waals surface area contributed by atoms with Gasteiger partial charge in [0.1, 0.15) is 0 Å². The second kappa shape index (κ2) is 3.77. The lowest BCUT2D eigenvalue weighted by Gasteiger charge is -2.12. The minimum atomic E-state index is -1.68. The first-order valence-electron chi connectivity index (χ1n) is 4.50. The lowest BCUT2D eigenvalue weighted by atomic mass is 10.0. The molecule has 1 aliphatic heterocycles. The molecule has 1 saturated heterocycles. The van der Waals surface area contributed by atoms with Gasteiger partial charge in [0.05, 0.1) is 0 Å². The molecule has 5 heteroatoms. The number of ketones is 1. The summed E-state index contributed by atoms with van der Waals surface area (Å²) in [4.78, 5) is 33.7. The monoisotopic (exact) mass is 199 g/mol. The van der Waals surface area contributed by atoms with Gasteiger partial charge in [0, 0.05) is 13.1 Å². The van der Waals surface area contributed by atoms with E-state index in [0.29, 0.717) is 24.9 Å². The lowest BCUT2D eigenvalue weighted by molar-refractivity contribution is -0.156. The topological polar surface area (TPSA) is 74.7 Å². The molecule has 0 saturated carbocycles. The van der Waals surface area contributed by atoms with Gasteiger partial charge < -0.3 is 10.0 Å². The fourth-order valence-electron chi connectivity index (χ4n) is 1.53. The maximum absolute atomic E-state index is 11.3. The van der Waals surface area contributed by atoms with Crippen molar-refractivity contribution < 1.29 is 19.5 Å². The van der Waals surface area contributed by atoms with Crippen LogP contribution in [0.5, 0.6) is 0 Å². The van der Waals surface area contributed by atoms with E-state index in [1.807, 2.05) is 13.8 Å². The van der Waals surface area contributed by atoms with Crippen LogP contribution in [0.15, 0.2) is 0 Å². The van der Waals surface area contributed by atoms with Crippen molar-refractivity contribution in [3.8, 4) is 0 Å². The number of Topliss-reactive ketones (excluding diaryl/α,β-unsaturated/α-hetero) is 1. The van der Waals surface area contributed by atoms with Gasteiger partial charge in [-0.25, -0.2) is 4.79 Å². The van der Waals surface area contributed by atoms with E-state index in [1.165, 1.54) is 4.90 Å². The molecule has 1 heterocycles. The van der Waals surface area contributed by atoms with Gasteiger partial charge in [-0.15, -0.1) is 0 Å². The minimum absolute atomic E-state index is 0.320. The van der Waals surface area contributed by atoms with E-state index in [9.17, 15) is 14.4 Å². The highest BCUT2D eigenvalue weighted by Gasteiger charge is 2.34. The lowest BCUT2D eigenvalue weighted by Crippen LogP contribution is -2.38. The molecule has 0 spiro atoms. The number of hydrogen-bond donors (Lipinski definition) is 1. The van der Waals surface area contributed by atoms with Gasteiger partial charge in [0.2, 0.25) is 0 Å². The van der Waals surface area contributed by atoms with Crippen LogP contribution in [0.2, 0.25) is 0 Å². The van der Waals surface area contributed by atoms with E-state index in [0.717, 1.165) is 0 Å². The third-order valence-corrected chi connectivity index (χ3v) is 2.66. The predicted octanol–water partition coefficient (Wildman–Crippen LogP) is -0.246. The molecule has 2 atom stereocenters. The van der Waals surface area contributed by atoms with E-state index in [2.05, 4.69) is 0 Å². The molecule has 1 fully saturated rings. The number of nitrogens with zero attached hydrogens (tertiary/aromatic N) is 1. The molecule has 1 N–H and O–H groups in total. The Hall–Kier alpha value is -1.39. The smallest absolute Gasteiger partial charge is 0.382 e. The molecule has 0 aromatic rings. The van der Waals surface area contributed by atoms with Crippen LogP contribution in [-0.2, 0) is 14.4 Å². The number of aliphatic carboxylic acids is 1. The van der Waals surface area contributed by atoms with Crippen molar-refractivity contribution in [3.63, 3.8) is 0 Å². The Kier molecular flexibility index (Phi) is 2.88. The third kappa shape index (κ3) is 1.92. The standard InChI is InChI=1S/C9H13NO4/c1-5-3-10(4-6(5)2)8(12)7(11)9(13)14/h5-6H,3-4H2,1-2H3,(H,13,14). The highest BCUT2D eigenvalue weighted by molar-refractivity contribution is 6.61. The number of carbonyl (C=O) groups excluding carboxylic acids is 2. The van der Waals surface area contributed by atoms with E-state index in [-0.39, 0.29) is 0 Å². The van der Waals surface area contributed by atoms with E-state index in [4.69, 9.17) is 5.11 Å². The number of amides is 1. The summed E-state index contributed by atoms with van der Waals surface area (Å²) >= 11 is 0. The zero-order valence-corrected chi connectivity index (χ0v) is 8.19. The quantitative estimate of drug-likeness (QED) is 0.491. The van der Waals surface area contributed by atoms with Crippen LogP contribution in [0.25, 0.3) is 0 Å². The molecule has 1 rings (SSSR count). The molecule has 0 aromatic heterocycles. The summed E-state index contributed by atoms with van der Waals surface area (Å²) in [5, 5.41) is 8.35. The highest BCUT2D eigenvalue weighted by Crippen LogP contribution is 2.21. The van der Waals surface area contributed by atoms with Crippen LogP contribution in [0.1, 0.15) is 13.8 Å². The Morgan fingerprint density at radius 3 is 1.93 bits per heavy atom. The summed E-state index contributed by atoms with van der Waals surface area (Å²) in [6.45, 7) is 4.89. The maximum atomic E-state index is 11.3. The van der Waals surface area contributed by atoms with Gasteiger partial charge in [-0.2, -0.15) is 0 Å². The Labute approximate surface area is 81.7 Å². The van der Waals surface area contributed by atoms with Gasteiger partial charge in [0.25, 0.3) is 0 Å². The summed E-state index contributed by atoms with van der Waals surface area (Å²) in [6, 6.07) is 0. The predicted molar refractivity (Wildman–Crippen MR) is 47.6 cm³/mol. The summed E-state index contributed by atoms with van der Waals surface area (Å²) in [7, 11) is 0. The van der Waals surface area contributed by atoms with Crippen molar-refractivity contribution in [1.82, 2.24) is 4.90 Å². The summed E-state index contributed by atoms with van der Waals surface area (Å²) in [6.07, 6.45) is 0. The first kappa shape index (κ1) is 10.7. The first-order chi connectivity index (χ1) is 6.43. The van der Waals surface area contributed by atoms with Crippen LogP contribution >= 0.6 is 0 Å². The SMILES string of the molecule is CC1CN(C(=O)C(=O)C(=O)O)CC1C. The molecule has 0 bridgehead atoms. The number of carbonyl (C=O) groups is 3. The number of hydrogen-bond acceptors (Lipinski definition) is 3. The van der Waals surface area contributed by atoms with Gasteiger partial charge in [-0.05, 0) is 11.8 Å². The second-order valence-corrected chi connectivity index (χ2v) is 3.80. The fourth-order valence-corrected chi connectivity index (χ4v) is 1.53. The highest BCUT2D eigenvalue weighted by atomic mass is 16.4. The minimum Gasteiger partial charge on any atom is -0.475 e. The third-order valence-electron chi connectivity index (χ3n) is 2.66. The molecular formula is C9H13NO4. The number of carboxylic acid groups (broad SMARTS) is 1. The number of rotatable bonds is 2. The maximum Gasteiger partial charge on any atom is 0.382 e. The summed E-state index contributed by atoms with van der Waals surface area (Å²) in [5.74, 6) is -3.27. The molecule has 1 aliphatic rings. The fraction of sp³-hybridized carbons (Fsp3) is 0.667. The van der Waals surface area contributed by atoms with Crippen LogP contribution in [0, 0.1) is 11.8 Å². The number of carboxylic acids is 1. The van der Waals surface area contributed by atoms with Crippen LogP contribution < -0.4 is 0 Å². The normalized spacial score (nSPS) is 26.3. The molecule has 0 aromatic carbocycles. The van der Waals surface area contributed by atoms with Gasteiger partial charge in [-0.1, -0.05) is 13.8 Å². The Balaban J connectivity index is 2.64. The molecule has 1 amide bonds. The molecular weight excluding hydrogens is 186 g/mol. The molecule has 5 nitrogen and oxygen atoms in total. The molecule has 0 aliphatic carbocycles. The Morgan fingerprint density at radius 2 is 1.57 bits per heavy atom. The molecule has 0 radical (unpaired) electrons. The molecule has 14 heavy (non-hydrogen) atoms. The zero-order chi connectivity index (χ0) is 10.9.